The largest absolute Gasteiger partial charge is 0.384 e. The van der Waals surface area contributed by atoms with Gasteiger partial charge in [-0.05, 0) is 49.4 Å². The number of nitrogens with two attached hydrogens (primary N) is 2. The van der Waals surface area contributed by atoms with Crippen LogP contribution in [0.25, 0.3) is 11.3 Å². The lowest BCUT2D eigenvalue weighted by molar-refractivity contribution is 0.883. The van der Waals surface area contributed by atoms with E-state index in [-0.39, 0.29) is 30.6 Å². The zero-order chi connectivity index (χ0) is 19.1. The SMILES string of the molecule is Cc1ccc(-c2cn(/N=C3\CCc4c(C(=N)N)cccc43)c(N)n2)cc1C.Cl.Cl. The molecule has 0 unspecified atom stereocenters. The van der Waals surface area contributed by atoms with Crippen molar-refractivity contribution in [1.82, 2.24) is 9.66 Å². The monoisotopic (exact) mass is 430 g/mol. The zero-order valence-corrected chi connectivity index (χ0v) is 17.9. The molecule has 1 aliphatic rings. The molecule has 6 nitrogen and oxygen atoms in total. The molecule has 2 aromatic carbocycles. The van der Waals surface area contributed by atoms with Crippen molar-refractivity contribution in [3.63, 3.8) is 0 Å². The van der Waals surface area contributed by atoms with Crippen LogP contribution in [0.4, 0.5) is 5.95 Å². The van der Waals surface area contributed by atoms with Gasteiger partial charge in [-0.25, -0.2) is 9.66 Å². The Balaban J connectivity index is 0.00000150. The molecule has 1 aromatic heterocycles. The molecule has 8 heteroatoms. The molecule has 4 rings (SSSR count). The van der Waals surface area contributed by atoms with Crippen LogP contribution in [0.5, 0.6) is 0 Å². The quantitative estimate of drug-likeness (QED) is 0.430. The molecule has 1 aliphatic carbocycles. The van der Waals surface area contributed by atoms with Crippen LogP contribution in [-0.2, 0) is 6.42 Å². The van der Waals surface area contributed by atoms with E-state index in [1.807, 2.05) is 30.5 Å². The number of nitrogens with one attached hydrogen (secondary N) is 1. The van der Waals surface area contributed by atoms with Crippen LogP contribution in [-0.4, -0.2) is 21.2 Å². The Morgan fingerprint density at radius 1 is 1.10 bits per heavy atom. The van der Waals surface area contributed by atoms with Crippen LogP contribution < -0.4 is 11.5 Å². The van der Waals surface area contributed by atoms with Gasteiger partial charge >= 0.3 is 0 Å². The maximum atomic E-state index is 7.76. The fraction of sp³-hybridized carbons (Fsp3) is 0.190. The van der Waals surface area contributed by atoms with Gasteiger partial charge in [0, 0.05) is 16.7 Å². The van der Waals surface area contributed by atoms with Crippen molar-refractivity contribution in [3.05, 3.63) is 70.4 Å². The molecule has 152 valence electrons. The molecule has 0 fully saturated rings. The number of hydrogen-bond acceptors (Lipinski definition) is 4. The summed E-state index contributed by atoms with van der Waals surface area (Å²) < 4.78 is 1.63. The van der Waals surface area contributed by atoms with Crippen LogP contribution in [0.15, 0.2) is 47.7 Å². The van der Waals surface area contributed by atoms with Crippen LogP contribution in [0.1, 0.15) is 34.2 Å². The summed E-state index contributed by atoms with van der Waals surface area (Å²) in [6.07, 6.45) is 3.47. The number of hydrogen-bond donors (Lipinski definition) is 3. The molecule has 0 saturated heterocycles. The fourth-order valence-corrected chi connectivity index (χ4v) is 3.50. The van der Waals surface area contributed by atoms with Crippen LogP contribution >= 0.6 is 24.8 Å². The Morgan fingerprint density at radius 2 is 1.86 bits per heavy atom. The second-order valence-electron chi connectivity index (χ2n) is 6.92. The second-order valence-corrected chi connectivity index (χ2v) is 6.92. The molecular weight excluding hydrogens is 407 g/mol. The molecular formula is C21H24Cl2N6. The van der Waals surface area contributed by atoms with Crippen molar-refractivity contribution in [2.75, 3.05) is 5.73 Å². The summed E-state index contributed by atoms with van der Waals surface area (Å²) in [7, 11) is 0. The van der Waals surface area contributed by atoms with E-state index in [1.165, 1.54) is 11.1 Å². The summed E-state index contributed by atoms with van der Waals surface area (Å²) in [5.41, 5.74) is 19.9. The lowest BCUT2D eigenvalue weighted by Gasteiger charge is -2.06. The highest BCUT2D eigenvalue weighted by Crippen LogP contribution is 2.27. The molecule has 0 aliphatic heterocycles. The average molecular weight is 431 g/mol. The Morgan fingerprint density at radius 3 is 2.55 bits per heavy atom. The van der Waals surface area contributed by atoms with E-state index in [0.717, 1.165) is 46.5 Å². The van der Waals surface area contributed by atoms with Crippen molar-refractivity contribution < 1.29 is 0 Å². The first kappa shape index (κ1) is 22.5. The number of amidine groups is 1. The van der Waals surface area contributed by atoms with Crippen LogP contribution in [0, 0.1) is 19.3 Å². The molecule has 0 atom stereocenters. The Hall–Kier alpha value is -2.83. The minimum Gasteiger partial charge on any atom is -0.384 e. The third kappa shape index (κ3) is 4.13. The van der Waals surface area contributed by atoms with Gasteiger partial charge in [0.2, 0.25) is 5.95 Å². The number of fused-ring (bicyclic) bond motifs is 1. The number of anilines is 1. The first-order valence-corrected chi connectivity index (χ1v) is 8.91. The van der Waals surface area contributed by atoms with E-state index in [4.69, 9.17) is 22.0 Å². The van der Waals surface area contributed by atoms with Gasteiger partial charge < -0.3 is 11.5 Å². The van der Waals surface area contributed by atoms with Crippen molar-refractivity contribution >= 4 is 42.3 Å². The predicted molar refractivity (Wildman–Crippen MR) is 124 cm³/mol. The first-order valence-electron chi connectivity index (χ1n) is 8.91. The Kier molecular flexibility index (Phi) is 6.72. The van der Waals surface area contributed by atoms with Crippen molar-refractivity contribution in [2.24, 2.45) is 10.8 Å². The summed E-state index contributed by atoms with van der Waals surface area (Å²) in [6.45, 7) is 4.17. The molecule has 0 bridgehead atoms. The van der Waals surface area contributed by atoms with Crippen molar-refractivity contribution in [1.29, 1.82) is 5.41 Å². The summed E-state index contributed by atoms with van der Waals surface area (Å²) in [6, 6.07) is 12.1. The molecule has 0 radical (unpaired) electrons. The molecule has 29 heavy (non-hydrogen) atoms. The van der Waals surface area contributed by atoms with E-state index >= 15 is 0 Å². The van der Waals surface area contributed by atoms with Crippen molar-refractivity contribution in [2.45, 2.75) is 26.7 Å². The van der Waals surface area contributed by atoms with Gasteiger partial charge in [0.05, 0.1) is 17.6 Å². The van der Waals surface area contributed by atoms with Crippen LogP contribution in [0.3, 0.4) is 0 Å². The lowest BCUT2D eigenvalue weighted by atomic mass is 10.0. The second kappa shape index (κ2) is 8.68. The number of nitrogens with zero attached hydrogens (tertiary/aromatic N) is 3. The smallest absolute Gasteiger partial charge is 0.221 e. The topological polar surface area (TPSA) is 106 Å². The first-order chi connectivity index (χ1) is 12.9. The van der Waals surface area contributed by atoms with Gasteiger partial charge in [-0.2, -0.15) is 5.10 Å². The number of nitrogen functional groups attached to an aromatic ring is 2. The summed E-state index contributed by atoms with van der Waals surface area (Å²) in [5.74, 6) is 0.444. The van der Waals surface area contributed by atoms with Crippen LogP contribution in [0.2, 0.25) is 0 Å². The van der Waals surface area contributed by atoms with Gasteiger partial charge in [-0.1, -0.05) is 30.3 Å². The van der Waals surface area contributed by atoms with E-state index in [1.54, 1.807) is 4.68 Å². The van der Waals surface area contributed by atoms with E-state index in [0.29, 0.717) is 5.95 Å². The summed E-state index contributed by atoms with van der Waals surface area (Å²) in [5, 5.41) is 12.5. The van der Waals surface area contributed by atoms with E-state index < -0.39 is 0 Å². The van der Waals surface area contributed by atoms with Gasteiger partial charge in [0.25, 0.3) is 0 Å². The van der Waals surface area contributed by atoms with E-state index in [2.05, 4.69) is 31.0 Å². The zero-order valence-electron chi connectivity index (χ0n) is 16.3. The normalized spacial score (nSPS) is 13.5. The molecule has 5 N–H and O–H groups in total. The standard InChI is InChI=1S/C21H22N6.2ClH/c1-12-6-7-14(10-13(12)2)19-11-27(21(24)25-19)26-18-9-8-15-16(18)4-3-5-17(15)20(22)23;;/h3-7,10-11H,8-9H2,1-2H3,(H3,22,23)(H2,24,25);2*1H/b26-18+;;. The number of benzene rings is 2. The Bertz CT molecular complexity index is 1100. The number of aromatic nitrogens is 2. The Labute approximate surface area is 182 Å². The van der Waals surface area contributed by atoms with Gasteiger partial charge in [0.1, 0.15) is 5.84 Å². The molecule has 3 aromatic rings. The van der Waals surface area contributed by atoms with Crippen molar-refractivity contribution in [3.8, 4) is 11.3 Å². The number of aryl methyl sites for hydroxylation is 2. The molecule has 0 saturated carbocycles. The highest BCUT2D eigenvalue weighted by Gasteiger charge is 2.22. The highest BCUT2D eigenvalue weighted by atomic mass is 35.5. The maximum absolute atomic E-state index is 7.76. The van der Waals surface area contributed by atoms with Gasteiger partial charge in [-0.15, -0.1) is 24.8 Å². The third-order valence-corrected chi connectivity index (χ3v) is 5.13. The minimum atomic E-state index is 0. The summed E-state index contributed by atoms with van der Waals surface area (Å²) >= 11 is 0. The minimum absolute atomic E-state index is 0. The van der Waals surface area contributed by atoms with Gasteiger partial charge in [0.15, 0.2) is 0 Å². The molecule has 0 spiro atoms. The number of halogens is 2. The highest BCUT2D eigenvalue weighted by molar-refractivity contribution is 6.08. The number of rotatable bonds is 3. The number of imidazole rings is 1. The summed E-state index contributed by atoms with van der Waals surface area (Å²) in [4.78, 5) is 4.48. The van der Waals surface area contributed by atoms with Gasteiger partial charge in [-0.3, -0.25) is 5.41 Å². The fourth-order valence-electron chi connectivity index (χ4n) is 3.50. The average Bonchev–Trinajstić information content (AvgIpc) is 3.21. The maximum Gasteiger partial charge on any atom is 0.221 e. The lowest BCUT2D eigenvalue weighted by Crippen LogP contribution is -2.13. The van der Waals surface area contributed by atoms with E-state index in [9.17, 15) is 0 Å². The predicted octanol–water partition coefficient (Wildman–Crippen LogP) is 4.08. The molecule has 1 heterocycles. The molecule has 0 amide bonds. The third-order valence-electron chi connectivity index (χ3n) is 5.13.